The van der Waals surface area contributed by atoms with Crippen LogP contribution in [-0.2, 0) is 25.7 Å². The molecule has 2 aromatic carbocycles. The minimum atomic E-state index is -0.743. The van der Waals surface area contributed by atoms with Gasteiger partial charge in [0.15, 0.2) is 0 Å². The molecule has 3 amide bonds. The van der Waals surface area contributed by atoms with Crippen LogP contribution in [0, 0.1) is 5.82 Å². The van der Waals surface area contributed by atoms with Gasteiger partial charge in [0.1, 0.15) is 11.9 Å². The number of cyclic esters (lactones) is 1. The summed E-state index contributed by atoms with van der Waals surface area (Å²) in [6.45, 7) is 1.54. The quantitative estimate of drug-likeness (QED) is 0.502. The van der Waals surface area contributed by atoms with Gasteiger partial charge < -0.3 is 25.2 Å². The van der Waals surface area contributed by atoms with E-state index in [-0.39, 0.29) is 50.0 Å². The Morgan fingerprint density at radius 1 is 1.27 bits per heavy atom. The Labute approximate surface area is 190 Å². The molecule has 0 bridgehead atoms. The number of nitrogens with one attached hydrogen (secondary N) is 2. The van der Waals surface area contributed by atoms with Crippen LogP contribution in [0.3, 0.4) is 0 Å². The third kappa shape index (κ3) is 6.99. The molecule has 1 fully saturated rings. The molecule has 0 aromatic heterocycles. The number of hydrogen-bond acceptors (Lipinski definition) is 6. The third-order valence-electron chi connectivity index (χ3n) is 4.94. The second-order valence-corrected chi connectivity index (χ2v) is 7.57. The molecule has 33 heavy (non-hydrogen) atoms. The maximum absolute atomic E-state index is 14.6. The van der Waals surface area contributed by atoms with Gasteiger partial charge in [0.25, 0.3) is 0 Å². The van der Waals surface area contributed by atoms with Crippen LogP contribution >= 0.6 is 0 Å². The van der Waals surface area contributed by atoms with Crippen molar-refractivity contribution in [3.63, 3.8) is 0 Å². The average Bonchev–Trinajstić information content (AvgIpc) is 3.17. The van der Waals surface area contributed by atoms with Gasteiger partial charge in [-0.1, -0.05) is 30.3 Å². The van der Waals surface area contributed by atoms with Crippen molar-refractivity contribution in [1.29, 1.82) is 0 Å². The first-order valence-corrected chi connectivity index (χ1v) is 10.4. The lowest BCUT2D eigenvalue weighted by molar-refractivity contribution is -0.120. The van der Waals surface area contributed by atoms with E-state index in [9.17, 15) is 23.9 Å². The highest BCUT2D eigenvalue weighted by atomic mass is 19.1. The number of hydrogen-bond donors (Lipinski definition) is 3. The summed E-state index contributed by atoms with van der Waals surface area (Å²) in [6.07, 6.45) is -2.10. The molecule has 2 aromatic rings. The average molecular weight is 459 g/mol. The van der Waals surface area contributed by atoms with E-state index in [1.54, 1.807) is 0 Å². The number of amides is 3. The monoisotopic (exact) mass is 459 g/mol. The van der Waals surface area contributed by atoms with Crippen molar-refractivity contribution in [1.82, 2.24) is 5.32 Å². The number of halogens is 1. The van der Waals surface area contributed by atoms with Crippen LogP contribution < -0.4 is 15.5 Å². The van der Waals surface area contributed by atoms with Gasteiger partial charge in [-0.3, -0.25) is 14.5 Å². The second kappa shape index (κ2) is 11.4. The molecule has 0 radical (unpaired) electrons. The van der Waals surface area contributed by atoms with E-state index in [0.717, 1.165) is 11.6 Å². The van der Waals surface area contributed by atoms with Crippen molar-refractivity contribution in [2.45, 2.75) is 32.2 Å². The van der Waals surface area contributed by atoms with Crippen molar-refractivity contribution in [3.05, 3.63) is 59.9 Å². The molecule has 1 heterocycles. The minimum Gasteiger partial charge on any atom is -0.442 e. The van der Waals surface area contributed by atoms with Crippen LogP contribution in [0.5, 0.6) is 0 Å². The molecule has 0 aliphatic carbocycles. The Bertz CT molecular complexity index is 987. The minimum absolute atomic E-state index is 0.0640. The van der Waals surface area contributed by atoms with Crippen LogP contribution in [0.4, 0.5) is 20.6 Å². The van der Waals surface area contributed by atoms with Gasteiger partial charge >= 0.3 is 6.09 Å². The van der Waals surface area contributed by atoms with Crippen LogP contribution in [0.1, 0.15) is 18.9 Å². The normalized spacial score (nSPS) is 16.3. The zero-order valence-electron chi connectivity index (χ0n) is 18.1. The van der Waals surface area contributed by atoms with Gasteiger partial charge in [-0.25, -0.2) is 9.18 Å². The number of ether oxygens (including phenoxy) is 2. The molecule has 3 N–H and O–H groups in total. The van der Waals surface area contributed by atoms with Crippen molar-refractivity contribution in [3.8, 4) is 0 Å². The number of aliphatic hydroxyl groups is 1. The molecule has 0 saturated carbocycles. The molecule has 1 aliphatic heterocycles. The predicted octanol–water partition coefficient (Wildman–Crippen LogP) is 2.19. The number of anilines is 2. The van der Waals surface area contributed by atoms with Gasteiger partial charge in [-0.2, -0.15) is 0 Å². The van der Waals surface area contributed by atoms with Crippen molar-refractivity contribution >= 4 is 29.3 Å². The third-order valence-corrected chi connectivity index (χ3v) is 4.94. The highest BCUT2D eigenvalue weighted by Crippen LogP contribution is 2.26. The molecular weight excluding hydrogens is 433 g/mol. The maximum Gasteiger partial charge on any atom is 0.414 e. The van der Waals surface area contributed by atoms with Crippen LogP contribution in [0.2, 0.25) is 0 Å². The summed E-state index contributed by atoms with van der Waals surface area (Å²) in [5.74, 6) is -1.50. The van der Waals surface area contributed by atoms with Crippen LogP contribution in [0.15, 0.2) is 48.5 Å². The van der Waals surface area contributed by atoms with E-state index >= 15 is 0 Å². The summed E-state index contributed by atoms with van der Waals surface area (Å²) in [4.78, 5) is 36.7. The molecular formula is C23H26FN3O6. The maximum atomic E-state index is 14.6. The lowest BCUT2D eigenvalue weighted by Gasteiger charge is -2.17. The predicted molar refractivity (Wildman–Crippen MR) is 118 cm³/mol. The fraction of sp³-hybridized carbons (Fsp3) is 0.348. The molecule has 9 nitrogen and oxygen atoms in total. The lowest BCUT2D eigenvalue weighted by atomic mass is 10.2. The molecule has 176 valence electrons. The fourth-order valence-corrected chi connectivity index (χ4v) is 3.24. The number of carbonyl (C=O) groups is 3. The van der Waals surface area contributed by atoms with Crippen LogP contribution in [-0.4, -0.2) is 54.9 Å². The zero-order chi connectivity index (χ0) is 23.8. The first-order chi connectivity index (χ1) is 15.9. The first-order valence-electron chi connectivity index (χ1n) is 10.4. The summed E-state index contributed by atoms with van der Waals surface area (Å²) in [5, 5.41) is 14.5. The highest BCUT2D eigenvalue weighted by Gasteiger charge is 2.32. The Balaban J connectivity index is 1.54. The molecule has 1 unspecified atom stereocenters. The van der Waals surface area contributed by atoms with E-state index in [0.29, 0.717) is 0 Å². The van der Waals surface area contributed by atoms with E-state index in [4.69, 9.17) is 9.47 Å². The fourth-order valence-electron chi connectivity index (χ4n) is 3.24. The Morgan fingerprint density at radius 2 is 2.03 bits per heavy atom. The summed E-state index contributed by atoms with van der Waals surface area (Å²) in [5.41, 5.74) is 1.10. The molecule has 1 saturated heterocycles. The number of carbonyl (C=O) groups excluding carboxylic acids is 3. The first kappa shape index (κ1) is 24.1. The lowest BCUT2D eigenvalue weighted by Crippen LogP contribution is -2.33. The number of benzene rings is 2. The zero-order valence-corrected chi connectivity index (χ0v) is 18.1. The summed E-state index contributed by atoms with van der Waals surface area (Å²) in [7, 11) is 0. The highest BCUT2D eigenvalue weighted by molar-refractivity contribution is 5.93. The smallest absolute Gasteiger partial charge is 0.414 e. The van der Waals surface area contributed by atoms with Gasteiger partial charge in [0.05, 0.1) is 50.2 Å². The van der Waals surface area contributed by atoms with Crippen LogP contribution in [0.25, 0.3) is 0 Å². The summed E-state index contributed by atoms with van der Waals surface area (Å²) >= 11 is 0. The number of rotatable bonds is 10. The number of nitrogens with zero attached hydrogens (tertiary/aromatic N) is 1. The largest absolute Gasteiger partial charge is 0.442 e. The van der Waals surface area contributed by atoms with Gasteiger partial charge in [-0.15, -0.1) is 0 Å². The van der Waals surface area contributed by atoms with Gasteiger partial charge in [0.2, 0.25) is 11.8 Å². The van der Waals surface area contributed by atoms with Gasteiger partial charge in [-0.05, 0) is 23.8 Å². The summed E-state index contributed by atoms with van der Waals surface area (Å²) in [6, 6.07) is 13.3. The van der Waals surface area contributed by atoms with E-state index in [1.165, 1.54) is 24.0 Å². The van der Waals surface area contributed by atoms with Crippen molar-refractivity contribution in [2.75, 3.05) is 29.9 Å². The molecule has 2 atom stereocenters. The second-order valence-electron chi connectivity index (χ2n) is 7.57. The van der Waals surface area contributed by atoms with Gasteiger partial charge in [0, 0.05) is 6.92 Å². The van der Waals surface area contributed by atoms with E-state index in [1.807, 2.05) is 30.3 Å². The Kier molecular flexibility index (Phi) is 8.34. The Hall–Kier alpha value is -3.50. The SMILES string of the molecule is CC(=O)NC[C@H]1CN(c2ccc(NC(=O)CC(CO)OCc3ccccc3)c(F)c2)C(=O)O1. The van der Waals surface area contributed by atoms with Crippen molar-refractivity contribution in [2.24, 2.45) is 0 Å². The molecule has 1 aliphatic rings. The topological polar surface area (TPSA) is 117 Å². The van der Waals surface area contributed by atoms with E-state index in [2.05, 4.69) is 10.6 Å². The summed E-state index contributed by atoms with van der Waals surface area (Å²) < 4.78 is 25.3. The molecule has 10 heteroatoms. The standard InChI is InChI=1S/C23H26FN3O6/c1-15(29)25-11-19-12-27(23(31)33-19)17-7-8-21(20(24)9-17)26-22(30)10-18(13-28)32-14-16-5-3-2-4-6-16/h2-9,18-19,28H,10-14H2,1H3,(H,25,29)(H,26,30)/t18?,19-/m0/s1. The van der Waals surface area contributed by atoms with E-state index < -0.39 is 30.0 Å². The molecule has 0 spiro atoms. The van der Waals surface area contributed by atoms with Crippen molar-refractivity contribution < 1.29 is 33.4 Å². The Morgan fingerprint density at radius 3 is 2.70 bits per heavy atom. The number of aliphatic hydroxyl groups excluding tert-OH is 1. The molecule has 3 rings (SSSR count).